The van der Waals surface area contributed by atoms with Gasteiger partial charge in [0.15, 0.2) is 0 Å². The van der Waals surface area contributed by atoms with Gasteiger partial charge in [0, 0.05) is 34.9 Å². The molecule has 0 unspecified atom stereocenters. The van der Waals surface area contributed by atoms with Gasteiger partial charge in [-0.3, -0.25) is 15.1 Å². The molecule has 1 fully saturated rings. The predicted octanol–water partition coefficient (Wildman–Crippen LogP) is 2.64. The molecule has 1 aliphatic carbocycles. The Labute approximate surface area is 102 Å². The van der Waals surface area contributed by atoms with Crippen molar-refractivity contribution in [2.75, 3.05) is 0 Å². The summed E-state index contributed by atoms with van der Waals surface area (Å²) in [4.78, 5) is 8.36. The standard InChI is InChI=1S/C11H11BrN4/c12-5-8-10(7-1-2-7)15-16-11(8)9-6-13-3-4-14-9/h3-4,6-7H,1-2,5H2,(H,15,16). The molecule has 1 saturated carbocycles. The molecule has 2 aromatic rings. The van der Waals surface area contributed by atoms with Gasteiger partial charge in [0.25, 0.3) is 0 Å². The smallest absolute Gasteiger partial charge is 0.116 e. The van der Waals surface area contributed by atoms with Crippen LogP contribution in [-0.4, -0.2) is 20.2 Å². The minimum atomic E-state index is 0.672. The van der Waals surface area contributed by atoms with Crippen molar-refractivity contribution in [2.45, 2.75) is 24.1 Å². The van der Waals surface area contributed by atoms with Crippen LogP contribution in [-0.2, 0) is 5.33 Å². The van der Waals surface area contributed by atoms with Crippen molar-refractivity contribution in [1.82, 2.24) is 20.2 Å². The van der Waals surface area contributed by atoms with Gasteiger partial charge in [0.1, 0.15) is 11.4 Å². The molecular weight excluding hydrogens is 268 g/mol. The first-order valence-electron chi connectivity index (χ1n) is 5.29. The van der Waals surface area contributed by atoms with E-state index in [0.717, 1.165) is 16.7 Å². The van der Waals surface area contributed by atoms with Gasteiger partial charge in [0.2, 0.25) is 0 Å². The van der Waals surface area contributed by atoms with E-state index >= 15 is 0 Å². The van der Waals surface area contributed by atoms with Crippen LogP contribution in [0.4, 0.5) is 0 Å². The number of aromatic nitrogens is 4. The zero-order valence-electron chi connectivity index (χ0n) is 8.65. The SMILES string of the molecule is BrCc1c(-c2cnccn2)n[nH]c1C1CC1. The molecule has 1 aliphatic rings. The lowest BCUT2D eigenvalue weighted by Crippen LogP contribution is -1.90. The molecule has 4 nitrogen and oxygen atoms in total. The predicted molar refractivity (Wildman–Crippen MR) is 64.2 cm³/mol. The monoisotopic (exact) mass is 278 g/mol. The highest BCUT2D eigenvalue weighted by atomic mass is 79.9. The van der Waals surface area contributed by atoms with Crippen molar-refractivity contribution >= 4 is 15.9 Å². The van der Waals surface area contributed by atoms with Gasteiger partial charge in [-0.1, -0.05) is 15.9 Å². The summed E-state index contributed by atoms with van der Waals surface area (Å²) in [5.74, 6) is 0.672. The highest BCUT2D eigenvalue weighted by Crippen LogP contribution is 2.42. The van der Waals surface area contributed by atoms with E-state index in [-0.39, 0.29) is 0 Å². The molecule has 0 bridgehead atoms. The summed E-state index contributed by atoms with van der Waals surface area (Å²) in [6.45, 7) is 0. The summed E-state index contributed by atoms with van der Waals surface area (Å²) < 4.78 is 0. The lowest BCUT2D eigenvalue weighted by molar-refractivity contribution is 0.958. The Morgan fingerprint density at radius 3 is 2.88 bits per heavy atom. The number of hydrogen-bond acceptors (Lipinski definition) is 3. The van der Waals surface area contributed by atoms with E-state index in [4.69, 9.17) is 0 Å². The summed E-state index contributed by atoms with van der Waals surface area (Å²) in [6, 6.07) is 0. The zero-order chi connectivity index (χ0) is 11.0. The fraction of sp³-hybridized carbons (Fsp3) is 0.364. The van der Waals surface area contributed by atoms with Gasteiger partial charge in [-0.25, -0.2) is 0 Å². The molecule has 0 aromatic carbocycles. The largest absolute Gasteiger partial charge is 0.281 e. The summed E-state index contributed by atoms with van der Waals surface area (Å²) in [5, 5.41) is 8.31. The maximum Gasteiger partial charge on any atom is 0.116 e. The Morgan fingerprint density at radius 2 is 2.25 bits per heavy atom. The molecule has 0 aliphatic heterocycles. The van der Waals surface area contributed by atoms with Crippen LogP contribution < -0.4 is 0 Å². The highest BCUT2D eigenvalue weighted by Gasteiger charge is 2.29. The maximum atomic E-state index is 4.36. The molecular formula is C11H11BrN4. The van der Waals surface area contributed by atoms with E-state index in [1.54, 1.807) is 18.6 Å². The lowest BCUT2D eigenvalue weighted by Gasteiger charge is -2.00. The first-order chi connectivity index (χ1) is 7.90. The number of halogens is 1. The zero-order valence-corrected chi connectivity index (χ0v) is 10.2. The minimum Gasteiger partial charge on any atom is -0.281 e. The molecule has 0 spiro atoms. The Bertz CT molecular complexity index is 490. The van der Waals surface area contributed by atoms with Crippen molar-refractivity contribution in [2.24, 2.45) is 0 Å². The first-order valence-corrected chi connectivity index (χ1v) is 6.41. The van der Waals surface area contributed by atoms with Crippen molar-refractivity contribution in [3.8, 4) is 11.4 Å². The molecule has 1 N–H and O–H groups in total. The Morgan fingerprint density at radius 1 is 1.38 bits per heavy atom. The topological polar surface area (TPSA) is 54.5 Å². The number of rotatable bonds is 3. The van der Waals surface area contributed by atoms with Gasteiger partial charge in [0.05, 0.1) is 6.20 Å². The average Bonchev–Trinajstić information content (AvgIpc) is 3.09. The molecule has 0 radical (unpaired) electrons. The van der Waals surface area contributed by atoms with Gasteiger partial charge < -0.3 is 0 Å². The summed E-state index contributed by atoms with van der Waals surface area (Å²) >= 11 is 3.52. The summed E-state index contributed by atoms with van der Waals surface area (Å²) in [6.07, 6.45) is 7.65. The van der Waals surface area contributed by atoms with Gasteiger partial charge in [-0.05, 0) is 12.8 Å². The normalized spacial score (nSPS) is 15.3. The van der Waals surface area contributed by atoms with Crippen LogP contribution in [0.1, 0.15) is 30.0 Å². The van der Waals surface area contributed by atoms with E-state index in [1.807, 2.05) is 0 Å². The third-order valence-corrected chi connectivity index (χ3v) is 3.38. The summed E-state index contributed by atoms with van der Waals surface area (Å²) in [5.41, 5.74) is 4.24. The second-order valence-corrected chi connectivity index (χ2v) is 4.52. The van der Waals surface area contributed by atoms with E-state index in [9.17, 15) is 0 Å². The van der Waals surface area contributed by atoms with Gasteiger partial charge >= 0.3 is 0 Å². The van der Waals surface area contributed by atoms with Crippen LogP contribution >= 0.6 is 15.9 Å². The van der Waals surface area contributed by atoms with Crippen LogP contribution in [0.3, 0.4) is 0 Å². The van der Waals surface area contributed by atoms with Crippen LogP contribution in [0.2, 0.25) is 0 Å². The third kappa shape index (κ3) is 1.65. The number of alkyl halides is 1. The van der Waals surface area contributed by atoms with Crippen LogP contribution in [0.5, 0.6) is 0 Å². The first kappa shape index (κ1) is 9.96. The van der Waals surface area contributed by atoms with Crippen molar-refractivity contribution < 1.29 is 0 Å². The van der Waals surface area contributed by atoms with E-state index in [0.29, 0.717) is 5.92 Å². The summed E-state index contributed by atoms with van der Waals surface area (Å²) in [7, 11) is 0. The van der Waals surface area contributed by atoms with E-state index < -0.39 is 0 Å². The van der Waals surface area contributed by atoms with Crippen molar-refractivity contribution in [3.05, 3.63) is 29.8 Å². The molecule has 3 rings (SSSR count). The molecule has 16 heavy (non-hydrogen) atoms. The number of nitrogens with zero attached hydrogens (tertiary/aromatic N) is 3. The second kappa shape index (κ2) is 3.97. The Balaban J connectivity index is 2.07. The molecule has 82 valence electrons. The van der Waals surface area contributed by atoms with E-state index in [1.165, 1.54) is 24.1 Å². The Hall–Kier alpha value is -1.23. The quantitative estimate of drug-likeness (QED) is 0.879. The maximum absolute atomic E-state index is 4.36. The van der Waals surface area contributed by atoms with Crippen LogP contribution in [0.25, 0.3) is 11.4 Å². The molecule has 0 amide bonds. The highest BCUT2D eigenvalue weighted by molar-refractivity contribution is 9.08. The van der Waals surface area contributed by atoms with Crippen LogP contribution in [0, 0.1) is 0 Å². The van der Waals surface area contributed by atoms with Gasteiger partial charge in [-0.15, -0.1) is 0 Å². The fourth-order valence-corrected chi connectivity index (χ4v) is 2.42. The lowest BCUT2D eigenvalue weighted by atomic mass is 10.1. The van der Waals surface area contributed by atoms with Crippen molar-refractivity contribution in [1.29, 1.82) is 0 Å². The number of H-pyrrole nitrogens is 1. The molecule has 2 heterocycles. The fourth-order valence-electron chi connectivity index (χ4n) is 1.86. The number of nitrogens with one attached hydrogen (secondary N) is 1. The second-order valence-electron chi connectivity index (χ2n) is 3.96. The van der Waals surface area contributed by atoms with Crippen molar-refractivity contribution in [3.63, 3.8) is 0 Å². The average molecular weight is 279 g/mol. The Kier molecular flexibility index (Phi) is 2.47. The molecule has 0 atom stereocenters. The van der Waals surface area contributed by atoms with Gasteiger partial charge in [-0.2, -0.15) is 5.10 Å². The molecule has 0 saturated heterocycles. The number of hydrogen-bond donors (Lipinski definition) is 1. The molecule has 5 heteroatoms. The minimum absolute atomic E-state index is 0.672. The number of aromatic amines is 1. The van der Waals surface area contributed by atoms with E-state index in [2.05, 4.69) is 36.1 Å². The molecule has 2 aromatic heterocycles. The third-order valence-electron chi connectivity index (χ3n) is 2.82. The van der Waals surface area contributed by atoms with Crippen LogP contribution in [0.15, 0.2) is 18.6 Å².